The van der Waals surface area contributed by atoms with Crippen LogP contribution in [-0.2, 0) is 6.54 Å². The number of rotatable bonds is 5. The molecule has 1 aliphatic rings. The molecule has 0 radical (unpaired) electrons. The van der Waals surface area contributed by atoms with E-state index in [0.29, 0.717) is 33.5 Å². The summed E-state index contributed by atoms with van der Waals surface area (Å²) in [5.41, 5.74) is 2.99. The zero-order valence-electron chi connectivity index (χ0n) is 16.2. The topological polar surface area (TPSA) is 83.6 Å². The quantitative estimate of drug-likeness (QED) is 0.521. The number of carbonyl (C=O) groups is 4. The number of amides is 3. The monoisotopic (exact) mass is 398 g/mol. The van der Waals surface area contributed by atoms with Crippen molar-refractivity contribution in [3.05, 3.63) is 101 Å². The molecule has 3 amide bonds. The Labute approximate surface area is 173 Å². The van der Waals surface area contributed by atoms with Crippen LogP contribution in [0.3, 0.4) is 0 Å². The fraction of sp³-hybridized carbons (Fsp3) is 0.0833. The van der Waals surface area contributed by atoms with E-state index in [0.717, 1.165) is 0 Å². The molecule has 1 aliphatic heterocycles. The Balaban J connectivity index is 1.49. The maximum Gasteiger partial charge on any atom is 0.261 e. The Hall–Kier alpha value is -4.06. The van der Waals surface area contributed by atoms with Gasteiger partial charge in [0, 0.05) is 16.8 Å². The molecule has 3 aromatic rings. The van der Waals surface area contributed by atoms with Crippen LogP contribution in [0.2, 0.25) is 0 Å². The van der Waals surface area contributed by atoms with Crippen molar-refractivity contribution in [2.75, 3.05) is 5.32 Å². The standard InChI is InChI=1S/C24H18N2O4/c1-15(27)17-9-11-19(12-10-17)25-22(28)18-6-4-5-16(13-18)14-26-23(29)20-7-2-3-8-21(20)24(26)30/h2-13H,14H2,1H3,(H,25,28). The van der Waals surface area contributed by atoms with Crippen LogP contribution in [0.1, 0.15) is 53.9 Å². The number of anilines is 1. The van der Waals surface area contributed by atoms with Crippen LogP contribution >= 0.6 is 0 Å². The molecule has 0 aromatic heterocycles. The van der Waals surface area contributed by atoms with Gasteiger partial charge in [0.1, 0.15) is 0 Å². The third kappa shape index (κ3) is 3.63. The summed E-state index contributed by atoms with van der Waals surface area (Å²) >= 11 is 0. The largest absolute Gasteiger partial charge is 0.322 e. The Morgan fingerprint density at radius 1 is 0.800 bits per heavy atom. The smallest absolute Gasteiger partial charge is 0.261 e. The van der Waals surface area contributed by atoms with Crippen LogP contribution in [0.25, 0.3) is 0 Å². The van der Waals surface area contributed by atoms with Crippen LogP contribution in [-0.4, -0.2) is 28.4 Å². The predicted molar refractivity (Wildman–Crippen MR) is 111 cm³/mol. The highest BCUT2D eigenvalue weighted by atomic mass is 16.2. The number of imide groups is 1. The van der Waals surface area contributed by atoms with E-state index in [1.165, 1.54) is 11.8 Å². The van der Waals surface area contributed by atoms with Crippen molar-refractivity contribution in [1.82, 2.24) is 4.90 Å². The first kappa shape index (κ1) is 19.3. The van der Waals surface area contributed by atoms with Gasteiger partial charge in [0.25, 0.3) is 17.7 Å². The number of benzene rings is 3. The molecule has 0 aliphatic carbocycles. The van der Waals surface area contributed by atoms with Crippen molar-refractivity contribution < 1.29 is 19.2 Å². The second kappa shape index (κ2) is 7.75. The van der Waals surface area contributed by atoms with Gasteiger partial charge in [0.2, 0.25) is 0 Å². The Morgan fingerprint density at radius 3 is 2.03 bits per heavy atom. The Morgan fingerprint density at radius 2 is 1.43 bits per heavy atom. The molecular weight excluding hydrogens is 380 g/mol. The second-order valence-corrected chi connectivity index (χ2v) is 7.03. The van der Waals surface area contributed by atoms with Crippen molar-refractivity contribution in [3.8, 4) is 0 Å². The first-order valence-corrected chi connectivity index (χ1v) is 9.40. The van der Waals surface area contributed by atoms with Gasteiger partial charge in [-0.05, 0) is 61.0 Å². The third-order valence-corrected chi connectivity index (χ3v) is 4.96. The number of Topliss-reactive ketones (excluding diaryl/α,β-unsaturated/α-hetero) is 1. The summed E-state index contributed by atoms with van der Waals surface area (Å²) in [4.78, 5) is 50.2. The molecular formula is C24H18N2O4. The van der Waals surface area contributed by atoms with Crippen LogP contribution in [0.4, 0.5) is 5.69 Å². The Kier molecular flexibility index (Phi) is 4.98. The highest BCUT2D eigenvalue weighted by molar-refractivity contribution is 6.21. The number of nitrogens with zero attached hydrogens (tertiary/aromatic N) is 1. The van der Waals surface area contributed by atoms with E-state index in [1.54, 1.807) is 72.8 Å². The molecule has 0 saturated heterocycles. The molecule has 0 fully saturated rings. The zero-order chi connectivity index (χ0) is 21.3. The van der Waals surface area contributed by atoms with Gasteiger partial charge >= 0.3 is 0 Å². The van der Waals surface area contributed by atoms with Gasteiger partial charge in [0.15, 0.2) is 5.78 Å². The minimum atomic E-state index is -0.337. The molecule has 1 heterocycles. The van der Waals surface area contributed by atoms with E-state index in [9.17, 15) is 19.2 Å². The van der Waals surface area contributed by atoms with Gasteiger partial charge in [-0.25, -0.2) is 0 Å². The average molecular weight is 398 g/mol. The normalized spacial score (nSPS) is 12.6. The van der Waals surface area contributed by atoms with Crippen molar-refractivity contribution in [1.29, 1.82) is 0 Å². The molecule has 1 N–H and O–H groups in total. The van der Waals surface area contributed by atoms with Crippen LogP contribution < -0.4 is 5.32 Å². The van der Waals surface area contributed by atoms with E-state index in [2.05, 4.69) is 5.32 Å². The third-order valence-electron chi connectivity index (χ3n) is 4.96. The van der Waals surface area contributed by atoms with E-state index in [4.69, 9.17) is 0 Å². The lowest BCUT2D eigenvalue weighted by atomic mass is 10.1. The molecule has 148 valence electrons. The number of fused-ring (bicyclic) bond motifs is 1. The van der Waals surface area contributed by atoms with Gasteiger partial charge in [-0.1, -0.05) is 24.3 Å². The van der Waals surface area contributed by atoms with Crippen molar-refractivity contribution in [3.63, 3.8) is 0 Å². The molecule has 0 saturated carbocycles. The molecule has 0 bridgehead atoms. The molecule has 6 nitrogen and oxygen atoms in total. The zero-order valence-corrected chi connectivity index (χ0v) is 16.2. The minimum absolute atomic E-state index is 0.0475. The summed E-state index contributed by atoms with van der Waals surface area (Å²) in [5.74, 6) is -1.05. The van der Waals surface area contributed by atoms with Crippen LogP contribution in [0, 0.1) is 0 Å². The maximum absolute atomic E-state index is 12.6. The summed E-state index contributed by atoms with van der Waals surface area (Å²) in [6, 6.07) is 20.1. The number of nitrogens with one attached hydrogen (secondary N) is 1. The summed E-state index contributed by atoms with van der Waals surface area (Å²) in [7, 11) is 0. The van der Waals surface area contributed by atoms with Crippen molar-refractivity contribution >= 4 is 29.2 Å². The molecule has 30 heavy (non-hydrogen) atoms. The second-order valence-electron chi connectivity index (χ2n) is 7.03. The van der Waals surface area contributed by atoms with Crippen LogP contribution in [0.15, 0.2) is 72.8 Å². The minimum Gasteiger partial charge on any atom is -0.322 e. The molecule has 4 rings (SSSR count). The molecule has 6 heteroatoms. The highest BCUT2D eigenvalue weighted by Crippen LogP contribution is 2.24. The van der Waals surface area contributed by atoms with Gasteiger partial charge in [0.05, 0.1) is 17.7 Å². The van der Waals surface area contributed by atoms with Gasteiger partial charge in [-0.3, -0.25) is 24.1 Å². The van der Waals surface area contributed by atoms with E-state index >= 15 is 0 Å². The SMILES string of the molecule is CC(=O)c1ccc(NC(=O)c2cccc(CN3C(=O)c4ccccc4C3=O)c2)cc1. The molecule has 0 spiro atoms. The lowest BCUT2D eigenvalue weighted by molar-refractivity contribution is 0.0642. The summed E-state index contributed by atoms with van der Waals surface area (Å²) in [6.07, 6.45) is 0. The maximum atomic E-state index is 12.6. The first-order valence-electron chi connectivity index (χ1n) is 9.40. The first-order chi connectivity index (χ1) is 14.4. The number of ketones is 1. The highest BCUT2D eigenvalue weighted by Gasteiger charge is 2.34. The number of carbonyl (C=O) groups excluding carboxylic acids is 4. The van der Waals surface area contributed by atoms with Gasteiger partial charge < -0.3 is 5.32 Å². The summed E-state index contributed by atoms with van der Waals surface area (Å²) in [5, 5.41) is 2.78. The van der Waals surface area contributed by atoms with E-state index < -0.39 is 0 Å². The lowest BCUT2D eigenvalue weighted by Crippen LogP contribution is -2.29. The lowest BCUT2D eigenvalue weighted by Gasteiger charge is -2.14. The fourth-order valence-corrected chi connectivity index (χ4v) is 3.37. The molecule has 3 aromatic carbocycles. The molecule has 0 atom stereocenters. The van der Waals surface area contributed by atoms with Crippen molar-refractivity contribution in [2.45, 2.75) is 13.5 Å². The van der Waals surface area contributed by atoms with Crippen molar-refractivity contribution in [2.24, 2.45) is 0 Å². The number of hydrogen-bond acceptors (Lipinski definition) is 4. The van der Waals surface area contributed by atoms with E-state index in [-0.39, 0.29) is 30.0 Å². The van der Waals surface area contributed by atoms with Gasteiger partial charge in [-0.2, -0.15) is 0 Å². The predicted octanol–water partition coefficient (Wildman–Crippen LogP) is 3.94. The van der Waals surface area contributed by atoms with Gasteiger partial charge in [-0.15, -0.1) is 0 Å². The van der Waals surface area contributed by atoms with Crippen LogP contribution in [0.5, 0.6) is 0 Å². The average Bonchev–Trinajstić information content (AvgIpc) is 2.99. The number of hydrogen-bond donors (Lipinski definition) is 1. The fourth-order valence-electron chi connectivity index (χ4n) is 3.37. The summed E-state index contributed by atoms with van der Waals surface area (Å²) < 4.78 is 0. The Bertz CT molecular complexity index is 1150. The molecule has 0 unspecified atom stereocenters. The van der Waals surface area contributed by atoms with E-state index in [1.807, 2.05) is 0 Å². The summed E-state index contributed by atoms with van der Waals surface area (Å²) in [6.45, 7) is 1.56.